The molecule has 1 saturated heterocycles. The van der Waals surface area contributed by atoms with Gasteiger partial charge in [0.25, 0.3) is 17.2 Å². The van der Waals surface area contributed by atoms with Crippen molar-refractivity contribution in [3.8, 4) is 22.5 Å². The highest BCUT2D eigenvalue weighted by Gasteiger charge is 2.51. The van der Waals surface area contributed by atoms with E-state index in [4.69, 9.17) is 13.7 Å². The van der Waals surface area contributed by atoms with Gasteiger partial charge in [-0.15, -0.1) is 0 Å². The summed E-state index contributed by atoms with van der Waals surface area (Å²) in [4.78, 5) is 13.2. The number of benzene rings is 3. The maximum atomic E-state index is 13.7. The van der Waals surface area contributed by atoms with Crippen molar-refractivity contribution in [3.05, 3.63) is 72.0 Å². The van der Waals surface area contributed by atoms with Crippen LogP contribution < -0.4 is 15.1 Å². The van der Waals surface area contributed by atoms with Crippen molar-refractivity contribution in [2.24, 2.45) is 0 Å². The van der Waals surface area contributed by atoms with Crippen LogP contribution in [0, 0.1) is 5.82 Å². The number of nitrogens with one attached hydrogen (secondary N) is 1. The summed E-state index contributed by atoms with van der Waals surface area (Å²) in [5.41, 5.74) is 2.64. The van der Waals surface area contributed by atoms with Crippen molar-refractivity contribution >= 4 is 46.4 Å². The number of carbonyl (C=O) groups is 1. The molecule has 8 nitrogen and oxygen atoms in total. The number of halogens is 1. The van der Waals surface area contributed by atoms with Crippen LogP contribution in [-0.4, -0.2) is 46.6 Å². The van der Waals surface area contributed by atoms with Crippen LogP contribution in [0.2, 0.25) is 0 Å². The fourth-order valence-corrected chi connectivity index (χ4v) is 5.46. The molecule has 1 aliphatic rings. The first kappa shape index (κ1) is 29.0. The van der Waals surface area contributed by atoms with E-state index in [1.54, 1.807) is 19.1 Å². The number of hydrogen-bond donors (Lipinski definition) is 2. The highest BCUT2D eigenvalue weighted by molar-refractivity contribution is 7.80. The molecule has 2 N–H and O–H groups in total. The van der Waals surface area contributed by atoms with Gasteiger partial charge in [-0.25, -0.2) is 8.60 Å². The van der Waals surface area contributed by atoms with E-state index in [2.05, 4.69) is 5.32 Å². The number of carbonyl (C=O) groups excluding carboxylic acids is 1. The summed E-state index contributed by atoms with van der Waals surface area (Å²) >= 11 is -2.34. The number of anilines is 1. The van der Waals surface area contributed by atoms with Crippen LogP contribution >= 0.6 is 0 Å². The van der Waals surface area contributed by atoms with E-state index in [0.29, 0.717) is 27.8 Å². The molecule has 3 aromatic carbocycles. The standard InChI is InChI=1S/C30H32BFN2O6S/c1-7-34(41(36)37)24-17-25-23(26(28(35)33-6)27(38-25)18-11-13-21(32)14-12-18)16-22(24)19-9-8-10-20(15-19)31-39-29(2,3)30(4,5)40-31/h8-17H,7H2,1-6H3,(H,33,35)(H,36,37). The van der Waals surface area contributed by atoms with Crippen LogP contribution in [0.1, 0.15) is 45.0 Å². The molecular weight excluding hydrogens is 546 g/mol. The Morgan fingerprint density at radius 1 is 1.02 bits per heavy atom. The summed E-state index contributed by atoms with van der Waals surface area (Å²) in [6.07, 6.45) is 0. The van der Waals surface area contributed by atoms with E-state index in [-0.39, 0.29) is 23.8 Å². The maximum absolute atomic E-state index is 13.7. The topological polar surface area (TPSA) is 101 Å². The highest BCUT2D eigenvalue weighted by atomic mass is 32.2. The molecule has 1 unspecified atom stereocenters. The Morgan fingerprint density at radius 3 is 2.27 bits per heavy atom. The van der Waals surface area contributed by atoms with Crippen LogP contribution in [0.4, 0.5) is 10.1 Å². The molecule has 2 heterocycles. The smallest absolute Gasteiger partial charge is 0.455 e. The minimum absolute atomic E-state index is 0.229. The molecule has 0 radical (unpaired) electrons. The van der Waals surface area contributed by atoms with Gasteiger partial charge in [0.15, 0.2) is 0 Å². The van der Waals surface area contributed by atoms with E-state index in [0.717, 1.165) is 11.0 Å². The zero-order valence-corrected chi connectivity index (χ0v) is 24.6. The van der Waals surface area contributed by atoms with Crippen LogP contribution in [0.3, 0.4) is 0 Å². The number of amides is 1. The molecule has 5 rings (SSSR count). The molecule has 0 saturated carbocycles. The molecule has 1 atom stereocenters. The maximum Gasteiger partial charge on any atom is 0.494 e. The van der Waals surface area contributed by atoms with Crippen molar-refractivity contribution < 1.29 is 31.7 Å². The summed E-state index contributed by atoms with van der Waals surface area (Å²) in [7, 11) is 0.911. The molecule has 1 fully saturated rings. The van der Waals surface area contributed by atoms with Crippen LogP contribution in [-0.2, 0) is 20.6 Å². The largest absolute Gasteiger partial charge is 0.494 e. The minimum atomic E-state index is -2.34. The average molecular weight is 578 g/mol. The first-order valence-corrected chi connectivity index (χ1v) is 14.4. The van der Waals surface area contributed by atoms with Gasteiger partial charge in [0.1, 0.15) is 17.2 Å². The Labute approximate surface area is 241 Å². The third-order valence-electron chi connectivity index (χ3n) is 7.83. The van der Waals surface area contributed by atoms with Crippen molar-refractivity contribution in [1.82, 2.24) is 5.32 Å². The average Bonchev–Trinajstić information content (AvgIpc) is 3.41. The summed E-state index contributed by atoms with van der Waals surface area (Å²) in [5.74, 6) is -0.533. The Balaban J connectivity index is 1.74. The van der Waals surface area contributed by atoms with Gasteiger partial charge in [-0.05, 0) is 76.0 Å². The molecule has 0 spiro atoms. The molecule has 4 aromatic rings. The first-order chi connectivity index (χ1) is 19.4. The summed E-state index contributed by atoms with van der Waals surface area (Å²) in [6, 6.07) is 16.7. The van der Waals surface area contributed by atoms with Crippen LogP contribution in [0.15, 0.2) is 65.1 Å². The van der Waals surface area contributed by atoms with Gasteiger partial charge in [-0.3, -0.25) is 13.7 Å². The van der Waals surface area contributed by atoms with E-state index in [9.17, 15) is 17.9 Å². The van der Waals surface area contributed by atoms with Gasteiger partial charge in [0.05, 0.1) is 22.5 Å². The normalized spacial score (nSPS) is 16.6. The molecule has 214 valence electrons. The number of hydrogen-bond acceptors (Lipinski definition) is 5. The fourth-order valence-electron chi connectivity index (χ4n) is 4.92. The lowest BCUT2D eigenvalue weighted by atomic mass is 9.78. The summed E-state index contributed by atoms with van der Waals surface area (Å²) in [6.45, 7) is 9.93. The fraction of sp³-hybridized carbons (Fsp3) is 0.300. The van der Waals surface area contributed by atoms with Crippen molar-refractivity contribution in [2.75, 3.05) is 17.9 Å². The Hall–Kier alpha value is -3.51. The summed E-state index contributed by atoms with van der Waals surface area (Å²) < 4.78 is 56.3. The minimum Gasteiger partial charge on any atom is -0.455 e. The molecule has 0 aliphatic carbocycles. The highest BCUT2D eigenvalue weighted by Crippen LogP contribution is 2.42. The van der Waals surface area contributed by atoms with Gasteiger partial charge in [0, 0.05) is 36.2 Å². The molecule has 41 heavy (non-hydrogen) atoms. The number of nitrogens with zero attached hydrogens (tertiary/aromatic N) is 1. The van der Waals surface area contributed by atoms with Crippen molar-refractivity contribution in [2.45, 2.75) is 45.8 Å². The quantitative estimate of drug-likeness (QED) is 0.221. The van der Waals surface area contributed by atoms with Gasteiger partial charge in [0.2, 0.25) is 0 Å². The van der Waals surface area contributed by atoms with Crippen LogP contribution in [0.25, 0.3) is 33.4 Å². The summed E-state index contributed by atoms with van der Waals surface area (Å²) in [5, 5.41) is 3.17. The SMILES string of the molecule is CCN(c1cc2oc(-c3ccc(F)cc3)c(C(=O)NC)c2cc1-c1cccc(B2OC(C)(C)C(C)(C)O2)c1)S(=O)O. The molecule has 11 heteroatoms. The second-order valence-corrected chi connectivity index (χ2v) is 11.8. The van der Waals surface area contributed by atoms with Gasteiger partial charge >= 0.3 is 7.12 Å². The number of furan rings is 1. The Kier molecular flexibility index (Phi) is 7.58. The Bertz CT molecular complexity index is 1640. The van der Waals surface area contributed by atoms with Crippen LogP contribution in [0.5, 0.6) is 0 Å². The lowest BCUT2D eigenvalue weighted by Gasteiger charge is -2.32. The van der Waals surface area contributed by atoms with E-state index >= 15 is 0 Å². The molecule has 1 amide bonds. The third kappa shape index (κ3) is 5.19. The number of rotatable bonds is 7. The van der Waals surface area contributed by atoms with Gasteiger partial charge < -0.3 is 19.0 Å². The van der Waals surface area contributed by atoms with Crippen molar-refractivity contribution in [1.29, 1.82) is 0 Å². The molecule has 0 bridgehead atoms. The van der Waals surface area contributed by atoms with Gasteiger partial charge in [-0.1, -0.05) is 24.3 Å². The van der Waals surface area contributed by atoms with Gasteiger partial charge in [-0.2, -0.15) is 0 Å². The van der Waals surface area contributed by atoms with Crippen molar-refractivity contribution in [3.63, 3.8) is 0 Å². The lowest BCUT2D eigenvalue weighted by Crippen LogP contribution is -2.41. The zero-order chi connectivity index (χ0) is 29.7. The molecule has 1 aliphatic heterocycles. The van der Waals surface area contributed by atoms with E-state index < -0.39 is 35.4 Å². The molecule has 1 aromatic heterocycles. The molecular formula is C30H32BFN2O6S. The van der Waals surface area contributed by atoms with E-state index in [1.165, 1.54) is 35.6 Å². The number of fused-ring (bicyclic) bond motifs is 1. The second-order valence-electron chi connectivity index (χ2n) is 10.9. The zero-order valence-electron chi connectivity index (χ0n) is 23.8. The third-order valence-corrected chi connectivity index (χ3v) is 8.67. The predicted molar refractivity (Wildman–Crippen MR) is 160 cm³/mol. The predicted octanol–water partition coefficient (Wildman–Crippen LogP) is 5.53. The van der Waals surface area contributed by atoms with E-state index in [1.807, 2.05) is 52.0 Å². The first-order valence-electron chi connectivity index (χ1n) is 13.3. The monoisotopic (exact) mass is 578 g/mol. The lowest BCUT2D eigenvalue weighted by molar-refractivity contribution is 0.00578. The Morgan fingerprint density at radius 2 is 1.68 bits per heavy atom. The second kappa shape index (κ2) is 10.7.